The van der Waals surface area contributed by atoms with Gasteiger partial charge in [-0.3, -0.25) is 10.1 Å². The van der Waals surface area contributed by atoms with E-state index in [1.165, 1.54) is 25.3 Å². The van der Waals surface area contributed by atoms with Crippen molar-refractivity contribution in [2.75, 3.05) is 48.1 Å². The predicted molar refractivity (Wildman–Crippen MR) is 176 cm³/mol. The van der Waals surface area contributed by atoms with Gasteiger partial charge in [0.2, 0.25) is 0 Å². The molecule has 1 aliphatic heterocycles. The summed E-state index contributed by atoms with van der Waals surface area (Å²) < 4.78 is 21.6. The molecule has 0 radical (unpaired) electrons. The van der Waals surface area contributed by atoms with E-state index >= 15 is 0 Å². The number of rotatable bonds is 15. The summed E-state index contributed by atoms with van der Waals surface area (Å²) in [6.07, 6.45) is 1.31. The van der Waals surface area contributed by atoms with Gasteiger partial charge in [-0.15, -0.1) is 0 Å². The monoisotopic (exact) mass is 648 g/mol. The van der Waals surface area contributed by atoms with Crippen LogP contribution < -0.4 is 14.8 Å². The topological polar surface area (TPSA) is 153 Å². The van der Waals surface area contributed by atoms with E-state index in [4.69, 9.17) is 18.9 Å². The highest BCUT2D eigenvalue weighted by atomic mass is 16.6. The maximum atomic E-state index is 13.6. The molecule has 0 bridgehead atoms. The number of carbonyl (C=O) groups excluding carboxylic acids is 2. The molecule has 0 amide bonds. The minimum atomic E-state index is -0.930. The molecule has 12 heteroatoms. The van der Waals surface area contributed by atoms with E-state index in [1.54, 1.807) is 34.1 Å². The fourth-order valence-corrected chi connectivity index (χ4v) is 6.04. The smallest absolute Gasteiger partial charge is 0.336 e. The molecule has 2 atom stereocenters. The van der Waals surface area contributed by atoms with Crippen molar-refractivity contribution in [1.29, 1.82) is 5.26 Å². The molecule has 12 nitrogen and oxygen atoms in total. The van der Waals surface area contributed by atoms with Gasteiger partial charge in [0.15, 0.2) is 11.5 Å². The molecule has 2 aromatic rings. The number of benzene rings is 2. The minimum Gasteiger partial charge on any atom is -0.493 e. The van der Waals surface area contributed by atoms with Crippen LogP contribution in [0.4, 0.5) is 5.69 Å². The Morgan fingerprint density at radius 1 is 1.02 bits per heavy atom. The van der Waals surface area contributed by atoms with Crippen LogP contribution in [0.5, 0.6) is 11.5 Å². The number of allylic oxidation sites excluding steroid dienone is 2. The quantitative estimate of drug-likeness (QED) is 0.150. The average molecular weight is 649 g/mol. The molecule has 1 aliphatic rings. The van der Waals surface area contributed by atoms with E-state index in [9.17, 15) is 25.0 Å². The lowest BCUT2D eigenvalue weighted by Crippen LogP contribution is -2.34. The normalized spacial score (nSPS) is 15.9. The molecule has 1 heterocycles. The van der Waals surface area contributed by atoms with E-state index in [1.807, 2.05) is 44.0 Å². The Labute approximate surface area is 276 Å². The molecule has 0 spiro atoms. The number of hydrogen-bond acceptors (Lipinski definition) is 11. The van der Waals surface area contributed by atoms with Gasteiger partial charge in [0.05, 0.1) is 54.8 Å². The second-order valence-electron chi connectivity index (χ2n) is 11.8. The highest BCUT2D eigenvalue weighted by Gasteiger charge is 2.39. The van der Waals surface area contributed by atoms with Crippen molar-refractivity contribution in [2.24, 2.45) is 5.92 Å². The number of nitro groups is 1. The number of ether oxygens (including phenoxy) is 4. The number of non-ortho nitro benzene ring substituents is 1. The van der Waals surface area contributed by atoms with Crippen molar-refractivity contribution < 1.29 is 33.5 Å². The fraction of sp³-hybridized carbons (Fsp3) is 0.457. The Morgan fingerprint density at radius 2 is 1.68 bits per heavy atom. The van der Waals surface area contributed by atoms with Crippen LogP contribution in [0.2, 0.25) is 0 Å². The van der Waals surface area contributed by atoms with Gasteiger partial charge in [0, 0.05) is 30.1 Å². The van der Waals surface area contributed by atoms with Crippen molar-refractivity contribution in [3.8, 4) is 17.6 Å². The summed E-state index contributed by atoms with van der Waals surface area (Å²) in [7, 11) is 6.29. The van der Waals surface area contributed by atoms with Gasteiger partial charge >= 0.3 is 11.9 Å². The molecule has 2 aromatic carbocycles. The number of likely N-dealkylation sites (N-methyl/N-ethyl adjacent to an activating group) is 1. The van der Waals surface area contributed by atoms with E-state index in [-0.39, 0.29) is 29.4 Å². The maximum absolute atomic E-state index is 13.6. The molecule has 1 N–H and O–H groups in total. The van der Waals surface area contributed by atoms with Crippen LogP contribution in [0.1, 0.15) is 57.6 Å². The highest BCUT2D eigenvalue weighted by molar-refractivity contribution is 5.99. The second kappa shape index (κ2) is 16.1. The third-order valence-electron chi connectivity index (χ3n) is 8.70. The van der Waals surface area contributed by atoms with Gasteiger partial charge < -0.3 is 29.2 Å². The summed E-state index contributed by atoms with van der Waals surface area (Å²) in [4.78, 5) is 39.5. The van der Waals surface area contributed by atoms with Gasteiger partial charge in [-0.25, -0.2) is 9.59 Å². The minimum absolute atomic E-state index is 0.0315. The van der Waals surface area contributed by atoms with Gasteiger partial charge in [-0.05, 0) is 69.5 Å². The SMILES string of the molecule is COC(=O)C1=C(C)NC(C)=C(C(=O)OCCN(C)CCCC(C#N)(c2ccc(OC)c(OC)c2)C(C)C)C1c1cccc([N+](=O)[O-])c1. The van der Waals surface area contributed by atoms with E-state index in [2.05, 4.69) is 11.4 Å². The molecule has 0 aromatic heterocycles. The number of hydrogen-bond donors (Lipinski definition) is 1. The van der Waals surface area contributed by atoms with E-state index in [0.717, 1.165) is 5.56 Å². The lowest BCUT2D eigenvalue weighted by Gasteiger charge is -2.32. The zero-order valence-electron chi connectivity index (χ0n) is 28.3. The standard InChI is InChI=1S/C35H44N4O8/c1-22(2)35(21-36,26-13-14-28(44-6)29(20-26)45-7)15-10-16-38(5)17-18-47-34(41)31-24(4)37-23(3)30(33(40)46-8)32(31)25-11-9-12-27(19-25)39(42)43/h9,11-14,19-20,22,32,37H,10,15-18H2,1-8H3. The summed E-state index contributed by atoms with van der Waals surface area (Å²) in [5.41, 5.74) is 1.64. The highest BCUT2D eigenvalue weighted by Crippen LogP contribution is 2.41. The number of nitro benzene ring substituents is 1. The first kappa shape index (κ1) is 36.6. The molecule has 0 aliphatic carbocycles. The number of dihydropyridines is 1. The van der Waals surface area contributed by atoms with Crippen LogP contribution in [0.15, 0.2) is 65.0 Å². The molecule has 2 unspecified atom stereocenters. The molecule has 0 saturated heterocycles. The van der Waals surface area contributed by atoms with Crippen molar-refractivity contribution in [3.63, 3.8) is 0 Å². The Hall–Kier alpha value is -4.89. The Kier molecular flexibility index (Phi) is 12.5. The summed E-state index contributed by atoms with van der Waals surface area (Å²) in [6.45, 7) is 8.57. The molecule has 3 rings (SSSR count). The molecule has 47 heavy (non-hydrogen) atoms. The van der Waals surface area contributed by atoms with Crippen molar-refractivity contribution in [2.45, 2.75) is 51.9 Å². The first-order chi connectivity index (χ1) is 22.3. The number of nitriles is 1. The Balaban J connectivity index is 1.71. The van der Waals surface area contributed by atoms with Crippen molar-refractivity contribution in [1.82, 2.24) is 10.2 Å². The third kappa shape index (κ3) is 8.10. The van der Waals surface area contributed by atoms with Crippen LogP contribution in [-0.2, 0) is 24.5 Å². The summed E-state index contributed by atoms with van der Waals surface area (Å²) in [5, 5.41) is 24.9. The van der Waals surface area contributed by atoms with Crippen LogP contribution in [0.3, 0.4) is 0 Å². The molecule has 0 fully saturated rings. The number of esters is 2. The molecular weight excluding hydrogens is 604 g/mol. The zero-order valence-corrected chi connectivity index (χ0v) is 28.3. The average Bonchev–Trinajstić information content (AvgIpc) is 3.05. The van der Waals surface area contributed by atoms with Crippen LogP contribution in [-0.4, -0.2) is 69.8 Å². The van der Waals surface area contributed by atoms with Crippen LogP contribution in [0, 0.1) is 27.4 Å². The number of carbonyl (C=O) groups is 2. The van der Waals surface area contributed by atoms with E-state index < -0.39 is 28.2 Å². The van der Waals surface area contributed by atoms with Crippen LogP contribution >= 0.6 is 0 Å². The number of nitrogens with zero attached hydrogens (tertiary/aromatic N) is 3. The Morgan fingerprint density at radius 3 is 2.26 bits per heavy atom. The first-order valence-electron chi connectivity index (χ1n) is 15.4. The molecule has 0 saturated carbocycles. The van der Waals surface area contributed by atoms with Gasteiger partial charge in [0.25, 0.3) is 5.69 Å². The van der Waals surface area contributed by atoms with E-state index in [0.29, 0.717) is 54.4 Å². The lowest BCUT2D eigenvalue weighted by molar-refractivity contribution is -0.384. The summed E-state index contributed by atoms with van der Waals surface area (Å²) >= 11 is 0. The van der Waals surface area contributed by atoms with Crippen molar-refractivity contribution in [3.05, 3.63) is 86.2 Å². The van der Waals surface area contributed by atoms with Gasteiger partial charge in [-0.2, -0.15) is 5.26 Å². The largest absolute Gasteiger partial charge is 0.493 e. The van der Waals surface area contributed by atoms with Gasteiger partial charge in [-0.1, -0.05) is 32.0 Å². The summed E-state index contributed by atoms with van der Waals surface area (Å²) in [5.74, 6) is -1.04. The lowest BCUT2D eigenvalue weighted by atomic mass is 9.69. The number of methoxy groups -OCH3 is 3. The van der Waals surface area contributed by atoms with Gasteiger partial charge in [0.1, 0.15) is 6.61 Å². The van der Waals surface area contributed by atoms with Crippen molar-refractivity contribution >= 4 is 17.6 Å². The maximum Gasteiger partial charge on any atom is 0.336 e. The Bertz CT molecular complexity index is 1590. The first-order valence-corrected chi connectivity index (χ1v) is 15.4. The predicted octanol–water partition coefficient (Wildman–Crippen LogP) is 5.39. The number of nitrogens with one attached hydrogen (secondary N) is 1. The zero-order chi connectivity index (χ0) is 34.9. The molecular formula is C35H44N4O8. The third-order valence-corrected chi connectivity index (χ3v) is 8.70. The molecule has 252 valence electrons. The summed E-state index contributed by atoms with van der Waals surface area (Å²) in [6, 6.07) is 14.0. The second-order valence-corrected chi connectivity index (χ2v) is 11.8. The van der Waals surface area contributed by atoms with Crippen LogP contribution in [0.25, 0.3) is 0 Å². The fourth-order valence-electron chi connectivity index (χ4n) is 6.04.